The Labute approximate surface area is 117 Å². The summed E-state index contributed by atoms with van der Waals surface area (Å²) in [6.45, 7) is 1.31. The maximum Gasteiger partial charge on any atom is 0.168 e. The van der Waals surface area contributed by atoms with Gasteiger partial charge in [0.15, 0.2) is 5.78 Å². The lowest BCUT2D eigenvalue weighted by atomic mass is 9.90. The Morgan fingerprint density at radius 1 is 1.16 bits per heavy atom. The molecule has 1 saturated heterocycles. The topological polar surface area (TPSA) is 26.3 Å². The standard InChI is InChI=1S/C16H15ClO2/c17-15-8-7-14(12-5-1-2-6-13(12)15)16(18)11-4-3-9-19-10-11/h1-2,5-8,11H,3-4,9-10H2. The summed E-state index contributed by atoms with van der Waals surface area (Å²) in [7, 11) is 0. The molecule has 0 bridgehead atoms. The number of Topliss-reactive ketones (excluding diaryl/α,β-unsaturated/α-hetero) is 1. The molecule has 3 rings (SSSR count). The molecule has 2 nitrogen and oxygen atoms in total. The third kappa shape index (κ3) is 2.38. The molecule has 98 valence electrons. The summed E-state index contributed by atoms with van der Waals surface area (Å²) in [5.74, 6) is 0.158. The van der Waals surface area contributed by atoms with Crippen molar-refractivity contribution in [2.45, 2.75) is 12.8 Å². The number of carbonyl (C=O) groups excluding carboxylic acids is 1. The normalized spacial score (nSPS) is 19.5. The molecule has 1 unspecified atom stereocenters. The lowest BCUT2D eigenvalue weighted by Crippen LogP contribution is -2.25. The van der Waals surface area contributed by atoms with Gasteiger partial charge in [-0.3, -0.25) is 4.79 Å². The summed E-state index contributed by atoms with van der Waals surface area (Å²) in [5, 5.41) is 2.56. The van der Waals surface area contributed by atoms with Gasteiger partial charge >= 0.3 is 0 Å². The molecule has 2 aromatic rings. The Bertz CT molecular complexity index is 615. The Balaban J connectivity index is 2.05. The van der Waals surface area contributed by atoms with E-state index in [-0.39, 0.29) is 11.7 Å². The SMILES string of the molecule is O=C(c1ccc(Cl)c2ccccc12)C1CCCOC1. The van der Waals surface area contributed by atoms with Crippen molar-refractivity contribution in [3.63, 3.8) is 0 Å². The van der Waals surface area contributed by atoms with Gasteiger partial charge in [0, 0.05) is 28.5 Å². The molecule has 0 amide bonds. The second-order valence-corrected chi connectivity index (χ2v) is 5.33. The van der Waals surface area contributed by atoms with Crippen LogP contribution in [0.1, 0.15) is 23.2 Å². The predicted octanol–water partition coefficient (Wildman–Crippen LogP) is 4.10. The van der Waals surface area contributed by atoms with Gasteiger partial charge in [-0.25, -0.2) is 0 Å². The van der Waals surface area contributed by atoms with E-state index < -0.39 is 0 Å². The van der Waals surface area contributed by atoms with Crippen LogP contribution in [0.15, 0.2) is 36.4 Å². The first-order chi connectivity index (χ1) is 9.27. The van der Waals surface area contributed by atoms with Crippen LogP contribution in [0.2, 0.25) is 5.02 Å². The number of carbonyl (C=O) groups is 1. The highest BCUT2D eigenvalue weighted by Crippen LogP contribution is 2.29. The molecule has 1 aliphatic rings. The van der Waals surface area contributed by atoms with E-state index in [2.05, 4.69) is 0 Å². The van der Waals surface area contributed by atoms with Crippen LogP contribution in [0.25, 0.3) is 10.8 Å². The van der Waals surface area contributed by atoms with Gasteiger partial charge in [0.25, 0.3) is 0 Å². The molecular weight excluding hydrogens is 260 g/mol. The van der Waals surface area contributed by atoms with Crippen LogP contribution >= 0.6 is 11.6 Å². The molecule has 3 heteroatoms. The fraction of sp³-hybridized carbons (Fsp3) is 0.312. The van der Waals surface area contributed by atoms with Crippen molar-refractivity contribution in [1.82, 2.24) is 0 Å². The van der Waals surface area contributed by atoms with Crippen LogP contribution < -0.4 is 0 Å². The van der Waals surface area contributed by atoms with Gasteiger partial charge in [-0.05, 0) is 30.4 Å². The summed E-state index contributed by atoms with van der Waals surface area (Å²) in [6, 6.07) is 11.4. The predicted molar refractivity (Wildman–Crippen MR) is 76.8 cm³/mol. The minimum atomic E-state index is -0.0154. The zero-order valence-corrected chi connectivity index (χ0v) is 11.3. The number of halogens is 1. The number of ketones is 1. The highest BCUT2D eigenvalue weighted by atomic mass is 35.5. The summed E-state index contributed by atoms with van der Waals surface area (Å²) in [5.41, 5.74) is 0.760. The van der Waals surface area contributed by atoms with Crippen molar-refractivity contribution >= 4 is 28.2 Å². The first-order valence-corrected chi connectivity index (χ1v) is 6.94. The van der Waals surface area contributed by atoms with E-state index in [4.69, 9.17) is 16.3 Å². The van der Waals surface area contributed by atoms with Crippen LogP contribution in [-0.4, -0.2) is 19.0 Å². The first kappa shape index (κ1) is 12.6. The molecule has 2 aromatic carbocycles. The van der Waals surface area contributed by atoms with Gasteiger partial charge < -0.3 is 4.74 Å². The van der Waals surface area contributed by atoms with Crippen molar-refractivity contribution in [3.8, 4) is 0 Å². The minimum absolute atomic E-state index is 0.0154. The quantitative estimate of drug-likeness (QED) is 0.771. The maximum absolute atomic E-state index is 12.6. The van der Waals surface area contributed by atoms with Gasteiger partial charge in [0.1, 0.15) is 0 Å². The third-order valence-corrected chi connectivity index (χ3v) is 4.00. The maximum atomic E-state index is 12.6. The molecule has 1 heterocycles. The summed E-state index contributed by atoms with van der Waals surface area (Å²) in [4.78, 5) is 12.6. The second-order valence-electron chi connectivity index (χ2n) is 4.92. The van der Waals surface area contributed by atoms with Gasteiger partial charge in [0.05, 0.1) is 6.61 Å². The smallest absolute Gasteiger partial charge is 0.168 e. The summed E-state index contributed by atoms with van der Waals surface area (Å²) in [6.07, 6.45) is 1.87. The van der Waals surface area contributed by atoms with Crippen LogP contribution in [0.3, 0.4) is 0 Å². The Morgan fingerprint density at radius 3 is 2.68 bits per heavy atom. The Morgan fingerprint density at radius 2 is 1.95 bits per heavy atom. The molecule has 0 saturated carbocycles. The molecule has 1 atom stereocenters. The number of rotatable bonds is 2. The molecule has 0 N–H and O–H groups in total. The van der Waals surface area contributed by atoms with E-state index in [1.165, 1.54) is 0 Å². The number of fused-ring (bicyclic) bond motifs is 1. The highest BCUT2D eigenvalue weighted by Gasteiger charge is 2.24. The van der Waals surface area contributed by atoms with Crippen molar-refractivity contribution in [2.24, 2.45) is 5.92 Å². The van der Waals surface area contributed by atoms with E-state index in [1.807, 2.05) is 30.3 Å². The number of benzene rings is 2. The van der Waals surface area contributed by atoms with Crippen LogP contribution in [0.4, 0.5) is 0 Å². The molecule has 19 heavy (non-hydrogen) atoms. The Kier molecular flexibility index (Phi) is 3.54. The summed E-state index contributed by atoms with van der Waals surface area (Å²) < 4.78 is 5.41. The molecule has 1 fully saturated rings. The lowest BCUT2D eigenvalue weighted by Gasteiger charge is -2.21. The monoisotopic (exact) mass is 274 g/mol. The van der Waals surface area contributed by atoms with Gasteiger partial charge in [0.2, 0.25) is 0 Å². The largest absolute Gasteiger partial charge is 0.381 e. The van der Waals surface area contributed by atoms with E-state index in [0.717, 1.165) is 35.8 Å². The number of ether oxygens (including phenoxy) is 1. The first-order valence-electron chi connectivity index (χ1n) is 6.56. The lowest BCUT2D eigenvalue weighted by molar-refractivity contribution is 0.0462. The molecule has 0 spiro atoms. The summed E-state index contributed by atoms with van der Waals surface area (Å²) >= 11 is 6.18. The third-order valence-electron chi connectivity index (χ3n) is 3.67. The minimum Gasteiger partial charge on any atom is -0.381 e. The average molecular weight is 275 g/mol. The van der Waals surface area contributed by atoms with Gasteiger partial charge in [-0.15, -0.1) is 0 Å². The average Bonchev–Trinajstić information content (AvgIpc) is 2.48. The Hall–Kier alpha value is -1.38. The van der Waals surface area contributed by atoms with Crippen LogP contribution in [0.5, 0.6) is 0 Å². The van der Waals surface area contributed by atoms with Crippen LogP contribution in [0, 0.1) is 5.92 Å². The fourth-order valence-corrected chi connectivity index (χ4v) is 2.87. The van der Waals surface area contributed by atoms with E-state index in [1.54, 1.807) is 6.07 Å². The van der Waals surface area contributed by atoms with Crippen molar-refractivity contribution in [3.05, 3.63) is 47.0 Å². The van der Waals surface area contributed by atoms with Crippen molar-refractivity contribution < 1.29 is 9.53 Å². The zero-order valence-electron chi connectivity index (χ0n) is 10.6. The van der Waals surface area contributed by atoms with E-state index >= 15 is 0 Å². The second kappa shape index (κ2) is 5.32. The molecule has 0 aromatic heterocycles. The number of hydrogen-bond donors (Lipinski definition) is 0. The molecule has 1 aliphatic heterocycles. The molecule has 0 aliphatic carbocycles. The van der Waals surface area contributed by atoms with Crippen molar-refractivity contribution in [2.75, 3.05) is 13.2 Å². The molecular formula is C16H15ClO2. The highest BCUT2D eigenvalue weighted by molar-refractivity contribution is 6.36. The van der Waals surface area contributed by atoms with Crippen LogP contribution in [-0.2, 0) is 4.74 Å². The van der Waals surface area contributed by atoms with Gasteiger partial charge in [-0.1, -0.05) is 35.9 Å². The van der Waals surface area contributed by atoms with E-state index in [9.17, 15) is 4.79 Å². The fourth-order valence-electron chi connectivity index (χ4n) is 2.64. The molecule has 0 radical (unpaired) electrons. The van der Waals surface area contributed by atoms with Crippen molar-refractivity contribution in [1.29, 1.82) is 0 Å². The van der Waals surface area contributed by atoms with Gasteiger partial charge in [-0.2, -0.15) is 0 Å². The zero-order chi connectivity index (χ0) is 13.2. The van der Waals surface area contributed by atoms with E-state index in [0.29, 0.717) is 11.6 Å². The number of hydrogen-bond acceptors (Lipinski definition) is 2.